The van der Waals surface area contributed by atoms with Crippen LogP contribution in [0, 0.1) is 0 Å². The fraction of sp³-hybridized carbons (Fsp3) is 0.211. The summed E-state index contributed by atoms with van der Waals surface area (Å²) in [7, 11) is 0. The van der Waals surface area contributed by atoms with Gasteiger partial charge in [-0.1, -0.05) is 12.1 Å². The van der Waals surface area contributed by atoms with Crippen LogP contribution >= 0.6 is 11.8 Å². The van der Waals surface area contributed by atoms with Crippen LogP contribution in [0.3, 0.4) is 0 Å². The van der Waals surface area contributed by atoms with Crippen molar-refractivity contribution in [3.05, 3.63) is 54.1 Å². The van der Waals surface area contributed by atoms with E-state index < -0.39 is 0 Å². The maximum absolute atomic E-state index is 12.4. The van der Waals surface area contributed by atoms with Crippen LogP contribution in [0.1, 0.15) is 31.1 Å². The van der Waals surface area contributed by atoms with Gasteiger partial charge in [-0.05, 0) is 50.2 Å². The first-order chi connectivity index (χ1) is 11.9. The smallest absolute Gasteiger partial charge is 0.237 e. The number of benzene rings is 2. The number of ketones is 1. The highest BCUT2D eigenvalue weighted by Gasteiger charge is 2.17. The van der Waals surface area contributed by atoms with E-state index in [1.54, 1.807) is 43.3 Å². The molecule has 2 aromatic rings. The van der Waals surface area contributed by atoms with Gasteiger partial charge in [0.1, 0.15) is 0 Å². The molecular formula is C19H20N2O3S. The molecule has 2 amide bonds. The molecule has 0 heterocycles. The Balaban J connectivity index is 2.01. The van der Waals surface area contributed by atoms with E-state index in [-0.39, 0.29) is 22.8 Å². The zero-order valence-corrected chi connectivity index (χ0v) is 15.1. The SMILES string of the molecule is CC(=O)Nc1ccc(SC(C)C(=O)Nc2ccccc2C(C)=O)cc1. The van der Waals surface area contributed by atoms with Crippen LogP contribution in [0.15, 0.2) is 53.4 Å². The summed E-state index contributed by atoms with van der Waals surface area (Å²) in [6, 6.07) is 14.2. The van der Waals surface area contributed by atoms with E-state index >= 15 is 0 Å². The van der Waals surface area contributed by atoms with Gasteiger partial charge in [-0.2, -0.15) is 0 Å². The van der Waals surface area contributed by atoms with Crippen molar-refractivity contribution in [1.29, 1.82) is 0 Å². The summed E-state index contributed by atoms with van der Waals surface area (Å²) in [5.41, 5.74) is 1.73. The zero-order valence-electron chi connectivity index (χ0n) is 14.3. The molecule has 25 heavy (non-hydrogen) atoms. The molecule has 5 nitrogen and oxygen atoms in total. The lowest BCUT2D eigenvalue weighted by Crippen LogP contribution is -2.23. The molecule has 2 rings (SSSR count). The second kappa shape index (κ2) is 8.48. The van der Waals surface area contributed by atoms with Crippen LogP contribution in [-0.2, 0) is 9.59 Å². The number of thioether (sulfide) groups is 1. The summed E-state index contributed by atoms with van der Waals surface area (Å²) < 4.78 is 0. The Morgan fingerprint density at radius 3 is 2.16 bits per heavy atom. The lowest BCUT2D eigenvalue weighted by atomic mass is 10.1. The Hall–Kier alpha value is -2.60. The minimum Gasteiger partial charge on any atom is -0.326 e. The Kier molecular flexibility index (Phi) is 6.36. The second-order valence-corrected chi connectivity index (χ2v) is 6.97. The van der Waals surface area contributed by atoms with E-state index in [1.807, 2.05) is 12.1 Å². The third-order valence-corrected chi connectivity index (χ3v) is 4.53. The highest BCUT2D eigenvalue weighted by Crippen LogP contribution is 2.26. The predicted octanol–water partition coefficient (Wildman–Crippen LogP) is 3.97. The lowest BCUT2D eigenvalue weighted by Gasteiger charge is -2.14. The molecule has 0 aromatic heterocycles. The number of hydrogen-bond acceptors (Lipinski definition) is 4. The molecule has 2 N–H and O–H groups in total. The number of rotatable bonds is 6. The summed E-state index contributed by atoms with van der Waals surface area (Å²) >= 11 is 1.40. The maximum Gasteiger partial charge on any atom is 0.237 e. The summed E-state index contributed by atoms with van der Waals surface area (Å²) in [5, 5.41) is 5.17. The van der Waals surface area contributed by atoms with Crippen LogP contribution < -0.4 is 10.6 Å². The third-order valence-electron chi connectivity index (χ3n) is 3.42. The molecule has 0 aliphatic carbocycles. The Morgan fingerprint density at radius 1 is 0.920 bits per heavy atom. The van der Waals surface area contributed by atoms with Crippen LogP contribution in [0.4, 0.5) is 11.4 Å². The zero-order chi connectivity index (χ0) is 18.4. The quantitative estimate of drug-likeness (QED) is 0.607. The van der Waals surface area contributed by atoms with E-state index in [4.69, 9.17) is 0 Å². The summed E-state index contributed by atoms with van der Waals surface area (Å²) in [6.45, 7) is 4.73. The normalized spacial score (nSPS) is 11.5. The first-order valence-electron chi connectivity index (χ1n) is 7.82. The lowest BCUT2D eigenvalue weighted by molar-refractivity contribution is -0.115. The molecule has 2 aromatic carbocycles. The number of carbonyl (C=O) groups is 3. The Labute approximate surface area is 151 Å². The van der Waals surface area contributed by atoms with Gasteiger partial charge < -0.3 is 10.6 Å². The van der Waals surface area contributed by atoms with Gasteiger partial charge in [0.2, 0.25) is 11.8 Å². The van der Waals surface area contributed by atoms with Gasteiger partial charge in [0.25, 0.3) is 0 Å². The van der Waals surface area contributed by atoms with Gasteiger partial charge in [-0.15, -0.1) is 11.8 Å². The number of hydrogen-bond donors (Lipinski definition) is 2. The van der Waals surface area contributed by atoms with Crippen molar-refractivity contribution in [2.45, 2.75) is 30.9 Å². The summed E-state index contributed by atoms with van der Waals surface area (Å²) in [4.78, 5) is 36.0. The van der Waals surface area contributed by atoms with Crippen molar-refractivity contribution in [2.75, 3.05) is 10.6 Å². The predicted molar refractivity (Wildman–Crippen MR) is 101 cm³/mol. The van der Waals surface area contributed by atoms with E-state index in [1.165, 1.54) is 25.6 Å². The van der Waals surface area contributed by atoms with Crippen LogP contribution in [0.5, 0.6) is 0 Å². The number of nitrogens with one attached hydrogen (secondary N) is 2. The van der Waals surface area contributed by atoms with Crippen LogP contribution in [-0.4, -0.2) is 22.8 Å². The van der Waals surface area contributed by atoms with Crippen LogP contribution in [0.25, 0.3) is 0 Å². The molecule has 130 valence electrons. The molecule has 0 fully saturated rings. The number of amides is 2. The molecule has 0 saturated carbocycles. The second-order valence-electron chi connectivity index (χ2n) is 5.56. The molecule has 1 atom stereocenters. The van der Waals surface area contributed by atoms with E-state index in [2.05, 4.69) is 10.6 Å². The van der Waals surface area contributed by atoms with Gasteiger partial charge in [0.05, 0.1) is 10.9 Å². The van der Waals surface area contributed by atoms with Crippen molar-refractivity contribution in [3.8, 4) is 0 Å². The van der Waals surface area contributed by atoms with Gasteiger partial charge in [-0.3, -0.25) is 14.4 Å². The van der Waals surface area contributed by atoms with Gasteiger partial charge in [-0.25, -0.2) is 0 Å². The topological polar surface area (TPSA) is 75.3 Å². The van der Waals surface area contributed by atoms with Crippen molar-refractivity contribution in [2.24, 2.45) is 0 Å². The highest BCUT2D eigenvalue weighted by molar-refractivity contribution is 8.00. The van der Waals surface area contributed by atoms with Crippen LogP contribution in [0.2, 0.25) is 0 Å². The molecule has 0 radical (unpaired) electrons. The standard InChI is InChI=1S/C19H20N2O3S/c1-12(22)17-6-4-5-7-18(17)21-19(24)13(2)25-16-10-8-15(9-11-16)20-14(3)23/h4-11,13H,1-3H3,(H,20,23)(H,21,24). The van der Waals surface area contributed by atoms with Crippen molar-refractivity contribution >= 4 is 40.7 Å². The van der Waals surface area contributed by atoms with Crippen molar-refractivity contribution in [1.82, 2.24) is 0 Å². The van der Waals surface area contributed by atoms with Crippen molar-refractivity contribution < 1.29 is 14.4 Å². The summed E-state index contributed by atoms with van der Waals surface area (Å²) in [6.07, 6.45) is 0. The molecule has 0 aliphatic rings. The minimum atomic E-state index is -0.341. The molecule has 0 aliphatic heterocycles. The van der Waals surface area contributed by atoms with Gasteiger partial charge >= 0.3 is 0 Å². The van der Waals surface area contributed by atoms with Gasteiger partial charge in [0.15, 0.2) is 5.78 Å². The Morgan fingerprint density at radius 2 is 1.56 bits per heavy atom. The first-order valence-corrected chi connectivity index (χ1v) is 8.70. The number of anilines is 2. The fourth-order valence-corrected chi connectivity index (χ4v) is 3.08. The monoisotopic (exact) mass is 356 g/mol. The number of para-hydroxylation sites is 1. The molecule has 6 heteroatoms. The van der Waals surface area contributed by atoms with E-state index in [0.29, 0.717) is 16.9 Å². The first kappa shape index (κ1) is 18.7. The average molecular weight is 356 g/mol. The van der Waals surface area contributed by atoms with Crippen molar-refractivity contribution in [3.63, 3.8) is 0 Å². The third kappa shape index (κ3) is 5.46. The molecule has 0 saturated heterocycles. The number of Topliss-reactive ketones (excluding diaryl/α,β-unsaturated/α-hetero) is 1. The molecular weight excluding hydrogens is 336 g/mol. The maximum atomic E-state index is 12.4. The van der Waals surface area contributed by atoms with E-state index in [9.17, 15) is 14.4 Å². The molecule has 0 spiro atoms. The average Bonchev–Trinajstić information content (AvgIpc) is 2.56. The molecule has 1 unspecified atom stereocenters. The highest BCUT2D eigenvalue weighted by atomic mass is 32.2. The largest absolute Gasteiger partial charge is 0.326 e. The minimum absolute atomic E-state index is 0.0928. The van der Waals surface area contributed by atoms with Gasteiger partial charge in [0, 0.05) is 23.1 Å². The Bertz CT molecular complexity index is 788. The molecule has 0 bridgehead atoms. The fourth-order valence-electron chi connectivity index (χ4n) is 2.21. The number of carbonyl (C=O) groups excluding carboxylic acids is 3. The van der Waals surface area contributed by atoms with E-state index in [0.717, 1.165) is 4.90 Å². The summed E-state index contributed by atoms with van der Waals surface area (Å²) in [5.74, 6) is -0.397.